The molecule has 1 amide bonds. The Morgan fingerprint density at radius 3 is 2.40 bits per heavy atom. The molecule has 4 rings (SSSR count). The van der Waals surface area contributed by atoms with Gasteiger partial charge in [-0.2, -0.15) is 0 Å². The monoisotopic (exact) mass is 441 g/mol. The van der Waals surface area contributed by atoms with Crippen LogP contribution in [0.2, 0.25) is 10.0 Å². The highest BCUT2D eigenvalue weighted by atomic mass is 35.5. The van der Waals surface area contributed by atoms with Crippen LogP contribution < -0.4 is 15.1 Å². The van der Waals surface area contributed by atoms with E-state index < -0.39 is 0 Å². The van der Waals surface area contributed by atoms with Crippen LogP contribution in [-0.4, -0.2) is 48.8 Å². The summed E-state index contributed by atoms with van der Waals surface area (Å²) < 4.78 is 0. The van der Waals surface area contributed by atoms with Gasteiger partial charge in [-0.1, -0.05) is 53.5 Å². The number of rotatable bonds is 5. The molecule has 1 fully saturated rings. The number of benzene rings is 2. The van der Waals surface area contributed by atoms with E-state index in [2.05, 4.69) is 31.9 Å². The van der Waals surface area contributed by atoms with Gasteiger partial charge in [0.05, 0.1) is 10.0 Å². The van der Waals surface area contributed by atoms with Gasteiger partial charge in [0.1, 0.15) is 0 Å². The number of hydrogen-bond acceptors (Lipinski definition) is 5. The summed E-state index contributed by atoms with van der Waals surface area (Å²) in [6.07, 6.45) is 1.63. The lowest BCUT2D eigenvalue weighted by Crippen LogP contribution is -2.47. The van der Waals surface area contributed by atoms with Gasteiger partial charge in [0.15, 0.2) is 11.5 Å². The largest absolute Gasteiger partial charge is 0.368 e. The number of piperazine rings is 1. The number of fused-ring (bicyclic) bond motifs is 1. The second-order valence-electron chi connectivity index (χ2n) is 6.99. The van der Waals surface area contributed by atoms with Crippen LogP contribution in [-0.2, 0) is 0 Å². The van der Waals surface area contributed by atoms with Crippen molar-refractivity contribution in [1.29, 1.82) is 0 Å². The fourth-order valence-corrected chi connectivity index (χ4v) is 3.89. The van der Waals surface area contributed by atoms with Crippen molar-refractivity contribution in [3.05, 3.63) is 70.9 Å². The summed E-state index contributed by atoms with van der Waals surface area (Å²) in [6.45, 7) is 7.20. The molecule has 2 aromatic carbocycles. The zero-order chi connectivity index (χ0) is 21.1. The number of nitrogens with one attached hydrogen (secondary N) is 1. The van der Waals surface area contributed by atoms with Crippen molar-refractivity contribution in [2.24, 2.45) is 0 Å². The number of anilines is 2. The van der Waals surface area contributed by atoms with Crippen molar-refractivity contribution in [3.8, 4) is 0 Å². The Kier molecular flexibility index (Phi) is 6.06. The molecule has 30 heavy (non-hydrogen) atoms. The molecule has 2 heterocycles. The van der Waals surface area contributed by atoms with Gasteiger partial charge in [-0.3, -0.25) is 4.79 Å². The Morgan fingerprint density at radius 1 is 1.00 bits per heavy atom. The van der Waals surface area contributed by atoms with E-state index in [-0.39, 0.29) is 5.91 Å². The van der Waals surface area contributed by atoms with Crippen molar-refractivity contribution in [3.63, 3.8) is 0 Å². The van der Waals surface area contributed by atoms with Crippen molar-refractivity contribution in [2.45, 2.75) is 0 Å². The molecule has 0 bridgehead atoms. The van der Waals surface area contributed by atoms with Gasteiger partial charge in [-0.05, 0) is 18.2 Å². The summed E-state index contributed by atoms with van der Waals surface area (Å²) in [5.41, 5.74) is 1.37. The molecule has 1 N–H and O–H groups in total. The van der Waals surface area contributed by atoms with Crippen molar-refractivity contribution in [1.82, 2.24) is 15.5 Å². The third-order valence-corrected chi connectivity index (χ3v) is 5.88. The number of nitrogens with zero attached hydrogens (tertiary/aromatic N) is 4. The Hall–Kier alpha value is -2.83. The highest BCUT2D eigenvalue weighted by molar-refractivity contribution is 6.42. The number of aromatic nitrogens is 2. The summed E-state index contributed by atoms with van der Waals surface area (Å²) >= 11 is 12.2. The maximum absolute atomic E-state index is 12.5. The van der Waals surface area contributed by atoms with Crippen LogP contribution in [0.5, 0.6) is 0 Å². The van der Waals surface area contributed by atoms with E-state index in [0.29, 0.717) is 22.3 Å². The molecule has 1 aromatic heterocycles. The van der Waals surface area contributed by atoms with Crippen LogP contribution in [0.1, 0.15) is 10.5 Å². The fourth-order valence-electron chi connectivity index (χ4n) is 3.60. The third-order valence-electron chi connectivity index (χ3n) is 5.14. The van der Waals surface area contributed by atoms with Gasteiger partial charge in [0.25, 0.3) is 5.91 Å². The Balaban J connectivity index is 1.56. The molecule has 0 saturated carbocycles. The minimum Gasteiger partial charge on any atom is -0.368 e. The van der Waals surface area contributed by atoms with Gasteiger partial charge in [-0.15, -0.1) is 16.8 Å². The summed E-state index contributed by atoms with van der Waals surface area (Å²) in [7, 11) is 0. The smallest absolute Gasteiger partial charge is 0.272 e. The minimum absolute atomic E-state index is 0.255. The first-order valence-electron chi connectivity index (χ1n) is 9.68. The van der Waals surface area contributed by atoms with Crippen LogP contribution in [0.3, 0.4) is 0 Å². The molecule has 0 radical (unpaired) electrons. The second kappa shape index (κ2) is 8.90. The van der Waals surface area contributed by atoms with E-state index in [1.807, 2.05) is 42.5 Å². The van der Waals surface area contributed by atoms with E-state index >= 15 is 0 Å². The predicted molar refractivity (Wildman–Crippen MR) is 123 cm³/mol. The Labute approximate surface area is 185 Å². The number of amides is 1. The maximum Gasteiger partial charge on any atom is 0.272 e. The van der Waals surface area contributed by atoms with Crippen molar-refractivity contribution in [2.75, 3.05) is 42.5 Å². The molecule has 3 aromatic rings. The minimum atomic E-state index is -0.255. The van der Waals surface area contributed by atoms with E-state index in [1.54, 1.807) is 6.08 Å². The lowest BCUT2D eigenvalue weighted by atomic mass is 10.1. The first-order chi connectivity index (χ1) is 14.6. The van der Waals surface area contributed by atoms with E-state index in [0.717, 1.165) is 48.5 Å². The molecule has 8 heteroatoms. The molecule has 1 aliphatic heterocycles. The average molecular weight is 442 g/mol. The molecule has 0 atom stereocenters. The zero-order valence-electron chi connectivity index (χ0n) is 16.3. The molecule has 0 unspecified atom stereocenters. The summed E-state index contributed by atoms with van der Waals surface area (Å²) in [6, 6.07) is 13.4. The first kappa shape index (κ1) is 20.4. The highest BCUT2D eigenvalue weighted by Gasteiger charge is 2.23. The standard InChI is InChI=1S/C22H21Cl2N5O/c1-2-9-25-22(30)20-16-5-3-4-6-17(16)21(27-26-20)29-12-10-28(11-13-29)15-7-8-18(23)19(24)14-15/h2-8,14H,1,9-13H2,(H,25,30). The SMILES string of the molecule is C=CCNC(=O)c1nnc(N2CCN(c3ccc(Cl)c(Cl)c3)CC2)c2ccccc12. The number of hydrogen-bond donors (Lipinski definition) is 1. The Morgan fingerprint density at radius 2 is 1.70 bits per heavy atom. The second-order valence-corrected chi connectivity index (χ2v) is 7.80. The van der Waals surface area contributed by atoms with E-state index in [4.69, 9.17) is 23.2 Å². The highest BCUT2D eigenvalue weighted by Crippen LogP contribution is 2.30. The predicted octanol–water partition coefficient (Wildman–Crippen LogP) is 4.18. The molecule has 1 aliphatic rings. The molecule has 154 valence electrons. The number of carbonyl (C=O) groups is 1. The number of halogens is 2. The molecule has 0 aliphatic carbocycles. The van der Waals surface area contributed by atoms with Crippen LogP contribution in [0.4, 0.5) is 11.5 Å². The molecule has 1 saturated heterocycles. The molecule has 0 spiro atoms. The Bertz CT molecular complexity index is 1100. The summed E-state index contributed by atoms with van der Waals surface area (Å²) in [5, 5.41) is 14.2. The summed E-state index contributed by atoms with van der Waals surface area (Å²) in [4.78, 5) is 16.9. The average Bonchev–Trinajstić information content (AvgIpc) is 2.78. The van der Waals surface area contributed by atoms with E-state index in [1.165, 1.54) is 0 Å². The zero-order valence-corrected chi connectivity index (χ0v) is 17.8. The first-order valence-corrected chi connectivity index (χ1v) is 10.4. The van der Waals surface area contributed by atoms with Gasteiger partial charge in [0, 0.05) is 49.2 Å². The van der Waals surface area contributed by atoms with Crippen LogP contribution in [0, 0.1) is 0 Å². The quantitative estimate of drug-likeness (QED) is 0.601. The molecule has 6 nitrogen and oxygen atoms in total. The maximum atomic E-state index is 12.5. The number of carbonyl (C=O) groups excluding carboxylic acids is 1. The van der Waals surface area contributed by atoms with Gasteiger partial charge >= 0.3 is 0 Å². The normalized spacial score (nSPS) is 14.1. The van der Waals surface area contributed by atoms with Crippen LogP contribution >= 0.6 is 23.2 Å². The molecular weight excluding hydrogens is 421 g/mol. The fraction of sp³-hybridized carbons (Fsp3) is 0.227. The van der Waals surface area contributed by atoms with Gasteiger partial charge < -0.3 is 15.1 Å². The topological polar surface area (TPSA) is 61.4 Å². The van der Waals surface area contributed by atoms with Crippen molar-refractivity contribution >= 4 is 51.4 Å². The van der Waals surface area contributed by atoms with Crippen molar-refractivity contribution < 1.29 is 4.79 Å². The summed E-state index contributed by atoms with van der Waals surface area (Å²) in [5.74, 6) is 0.536. The van der Waals surface area contributed by atoms with E-state index in [9.17, 15) is 4.79 Å². The lowest BCUT2D eigenvalue weighted by molar-refractivity contribution is 0.0954. The van der Waals surface area contributed by atoms with Crippen LogP contribution in [0.15, 0.2) is 55.1 Å². The third kappa shape index (κ3) is 4.06. The van der Waals surface area contributed by atoms with Gasteiger partial charge in [0.2, 0.25) is 0 Å². The van der Waals surface area contributed by atoms with Crippen LogP contribution in [0.25, 0.3) is 10.8 Å². The van der Waals surface area contributed by atoms with Gasteiger partial charge in [-0.25, -0.2) is 0 Å². The lowest BCUT2D eigenvalue weighted by Gasteiger charge is -2.37. The molecular formula is C22H21Cl2N5O.